The molecule has 5 heteroatoms. The third kappa shape index (κ3) is 5.46. The fraction of sp³-hybridized carbons (Fsp3) is 0.571. The first-order valence-corrected chi connectivity index (χ1v) is 6.27. The van der Waals surface area contributed by atoms with E-state index in [0.29, 0.717) is 11.5 Å². The summed E-state index contributed by atoms with van der Waals surface area (Å²) in [4.78, 5) is 0. The van der Waals surface area contributed by atoms with Gasteiger partial charge in [0, 0.05) is 0 Å². The Labute approximate surface area is 113 Å². The van der Waals surface area contributed by atoms with Crippen LogP contribution < -0.4 is 9.47 Å². The second kappa shape index (κ2) is 7.99. The molecule has 0 bridgehead atoms. The van der Waals surface area contributed by atoms with E-state index in [-0.39, 0.29) is 25.9 Å². The lowest BCUT2D eigenvalue weighted by Crippen LogP contribution is -2.25. The van der Waals surface area contributed by atoms with Crippen molar-refractivity contribution in [2.24, 2.45) is 0 Å². The van der Waals surface area contributed by atoms with E-state index in [1.54, 1.807) is 25.3 Å². The molecule has 1 unspecified atom stereocenters. The van der Waals surface area contributed by atoms with Gasteiger partial charge in [-0.05, 0) is 31.5 Å². The molecule has 0 saturated heterocycles. The lowest BCUT2D eigenvalue weighted by molar-refractivity contribution is -0.0126. The average Bonchev–Trinajstić information content (AvgIpc) is 2.42. The molecule has 108 valence electrons. The van der Waals surface area contributed by atoms with Crippen LogP contribution in [0.3, 0.4) is 0 Å². The Morgan fingerprint density at radius 2 is 1.89 bits per heavy atom. The standard InChI is InChI=1S/C14H22O5/c1-10(2)18-8-12(16)9-19-14-6-11(7-15)4-5-13(14)17-3/h4-6,10,12,15-16H,7-9H2,1-3H3. The number of benzene rings is 1. The maximum absolute atomic E-state index is 9.71. The fourth-order valence-electron chi connectivity index (χ4n) is 1.47. The SMILES string of the molecule is COc1ccc(CO)cc1OCC(O)COC(C)C. The second-order valence-electron chi connectivity index (χ2n) is 4.49. The van der Waals surface area contributed by atoms with Gasteiger partial charge in [0.2, 0.25) is 0 Å². The van der Waals surface area contributed by atoms with Gasteiger partial charge in [0.1, 0.15) is 12.7 Å². The van der Waals surface area contributed by atoms with E-state index in [0.717, 1.165) is 5.56 Å². The van der Waals surface area contributed by atoms with Crippen LogP contribution in [0.1, 0.15) is 19.4 Å². The monoisotopic (exact) mass is 270 g/mol. The van der Waals surface area contributed by atoms with Gasteiger partial charge in [0.15, 0.2) is 11.5 Å². The second-order valence-corrected chi connectivity index (χ2v) is 4.49. The van der Waals surface area contributed by atoms with Gasteiger partial charge >= 0.3 is 0 Å². The number of ether oxygens (including phenoxy) is 3. The Balaban J connectivity index is 2.55. The van der Waals surface area contributed by atoms with Crippen LogP contribution >= 0.6 is 0 Å². The van der Waals surface area contributed by atoms with Crippen LogP contribution in [0.5, 0.6) is 11.5 Å². The third-order valence-corrected chi connectivity index (χ3v) is 2.46. The van der Waals surface area contributed by atoms with Crippen LogP contribution in [0.4, 0.5) is 0 Å². The van der Waals surface area contributed by atoms with E-state index in [4.69, 9.17) is 19.3 Å². The molecule has 0 aromatic heterocycles. The van der Waals surface area contributed by atoms with Crippen molar-refractivity contribution in [1.29, 1.82) is 0 Å². The van der Waals surface area contributed by atoms with Gasteiger partial charge in [0.25, 0.3) is 0 Å². The summed E-state index contributed by atoms with van der Waals surface area (Å²) in [6, 6.07) is 5.16. The van der Waals surface area contributed by atoms with E-state index in [1.165, 1.54) is 0 Å². The summed E-state index contributed by atoms with van der Waals surface area (Å²) in [6.07, 6.45) is -0.633. The molecule has 0 aliphatic carbocycles. The van der Waals surface area contributed by atoms with E-state index >= 15 is 0 Å². The highest BCUT2D eigenvalue weighted by molar-refractivity contribution is 5.42. The average molecular weight is 270 g/mol. The van der Waals surface area contributed by atoms with Gasteiger partial charge in [-0.2, -0.15) is 0 Å². The molecule has 0 spiro atoms. The minimum atomic E-state index is -0.704. The van der Waals surface area contributed by atoms with Crippen molar-refractivity contribution in [1.82, 2.24) is 0 Å². The van der Waals surface area contributed by atoms with Crippen molar-refractivity contribution in [3.63, 3.8) is 0 Å². The number of aliphatic hydroxyl groups is 2. The summed E-state index contributed by atoms with van der Waals surface area (Å²) in [6.45, 7) is 4.07. The molecule has 5 nitrogen and oxygen atoms in total. The summed E-state index contributed by atoms with van der Waals surface area (Å²) in [5.74, 6) is 1.06. The summed E-state index contributed by atoms with van der Waals surface area (Å²) in [7, 11) is 1.54. The molecular formula is C14H22O5. The zero-order valence-electron chi connectivity index (χ0n) is 11.6. The highest BCUT2D eigenvalue weighted by atomic mass is 16.5. The summed E-state index contributed by atoms with van der Waals surface area (Å²) < 4.78 is 15.9. The van der Waals surface area contributed by atoms with Crippen LogP contribution in [-0.2, 0) is 11.3 Å². The van der Waals surface area contributed by atoms with Gasteiger partial charge in [-0.15, -0.1) is 0 Å². The van der Waals surface area contributed by atoms with Crippen molar-refractivity contribution < 1.29 is 24.4 Å². The molecule has 0 fully saturated rings. The highest BCUT2D eigenvalue weighted by Gasteiger charge is 2.10. The lowest BCUT2D eigenvalue weighted by atomic mass is 10.2. The van der Waals surface area contributed by atoms with Gasteiger partial charge in [-0.1, -0.05) is 6.07 Å². The largest absolute Gasteiger partial charge is 0.493 e. The Kier molecular flexibility index (Phi) is 6.62. The van der Waals surface area contributed by atoms with Crippen molar-refractivity contribution in [2.75, 3.05) is 20.3 Å². The molecule has 1 rings (SSSR count). The molecule has 1 aromatic rings. The number of methoxy groups -OCH3 is 1. The number of hydrogen-bond acceptors (Lipinski definition) is 5. The van der Waals surface area contributed by atoms with Crippen LogP contribution in [0.15, 0.2) is 18.2 Å². The molecule has 0 amide bonds. The molecule has 0 aliphatic rings. The quantitative estimate of drug-likeness (QED) is 0.746. The van der Waals surface area contributed by atoms with Crippen LogP contribution in [0, 0.1) is 0 Å². The smallest absolute Gasteiger partial charge is 0.161 e. The minimum absolute atomic E-state index is 0.0701. The normalized spacial score (nSPS) is 12.5. The number of rotatable bonds is 8. The van der Waals surface area contributed by atoms with Gasteiger partial charge in [-0.25, -0.2) is 0 Å². The molecule has 19 heavy (non-hydrogen) atoms. The Bertz CT molecular complexity index is 378. The summed E-state index contributed by atoms with van der Waals surface area (Å²) in [5.41, 5.74) is 0.726. The fourth-order valence-corrected chi connectivity index (χ4v) is 1.47. The first-order valence-electron chi connectivity index (χ1n) is 6.27. The predicted molar refractivity (Wildman–Crippen MR) is 71.5 cm³/mol. The zero-order chi connectivity index (χ0) is 14.3. The zero-order valence-corrected chi connectivity index (χ0v) is 11.6. The maximum atomic E-state index is 9.71. The van der Waals surface area contributed by atoms with Gasteiger partial charge < -0.3 is 24.4 Å². The summed E-state index contributed by atoms with van der Waals surface area (Å²) >= 11 is 0. The third-order valence-electron chi connectivity index (χ3n) is 2.46. The number of aliphatic hydroxyl groups excluding tert-OH is 2. The van der Waals surface area contributed by atoms with Crippen molar-refractivity contribution in [2.45, 2.75) is 32.7 Å². The first kappa shape index (κ1) is 15.8. The van der Waals surface area contributed by atoms with Crippen molar-refractivity contribution >= 4 is 0 Å². The number of hydrogen-bond donors (Lipinski definition) is 2. The lowest BCUT2D eigenvalue weighted by Gasteiger charge is -2.16. The maximum Gasteiger partial charge on any atom is 0.161 e. The molecule has 0 aliphatic heterocycles. The van der Waals surface area contributed by atoms with E-state index < -0.39 is 6.10 Å². The van der Waals surface area contributed by atoms with E-state index in [2.05, 4.69) is 0 Å². The Morgan fingerprint density at radius 3 is 2.47 bits per heavy atom. The van der Waals surface area contributed by atoms with Crippen LogP contribution in [-0.4, -0.2) is 42.7 Å². The Morgan fingerprint density at radius 1 is 1.16 bits per heavy atom. The molecule has 1 atom stereocenters. The molecule has 1 aromatic carbocycles. The molecule has 2 N–H and O–H groups in total. The van der Waals surface area contributed by atoms with Crippen LogP contribution in [0.25, 0.3) is 0 Å². The van der Waals surface area contributed by atoms with E-state index in [9.17, 15) is 5.11 Å². The first-order chi connectivity index (χ1) is 9.06. The van der Waals surface area contributed by atoms with Gasteiger partial charge in [0.05, 0.1) is 26.4 Å². The molecule has 0 heterocycles. The van der Waals surface area contributed by atoms with Crippen LogP contribution in [0.2, 0.25) is 0 Å². The van der Waals surface area contributed by atoms with Crippen molar-refractivity contribution in [3.05, 3.63) is 23.8 Å². The predicted octanol–water partition coefficient (Wildman–Crippen LogP) is 1.35. The van der Waals surface area contributed by atoms with Gasteiger partial charge in [-0.3, -0.25) is 0 Å². The summed E-state index contributed by atoms with van der Waals surface area (Å²) in [5, 5.41) is 18.8. The molecular weight excluding hydrogens is 248 g/mol. The van der Waals surface area contributed by atoms with Crippen molar-refractivity contribution in [3.8, 4) is 11.5 Å². The highest BCUT2D eigenvalue weighted by Crippen LogP contribution is 2.28. The Hall–Kier alpha value is -1.30. The van der Waals surface area contributed by atoms with E-state index in [1.807, 2.05) is 13.8 Å². The molecule has 0 saturated carbocycles. The minimum Gasteiger partial charge on any atom is -0.493 e. The topological polar surface area (TPSA) is 68.2 Å². The molecule has 0 radical (unpaired) electrons.